The number of amides is 1. The molecule has 0 fully saturated rings. The molecule has 0 saturated heterocycles. The number of rotatable bonds is 6. The first-order valence-corrected chi connectivity index (χ1v) is 10.1. The largest absolute Gasteiger partial charge is 0.487 e. The van der Waals surface area contributed by atoms with Gasteiger partial charge in [-0.3, -0.25) is 4.79 Å². The van der Waals surface area contributed by atoms with Crippen LogP contribution in [-0.4, -0.2) is 12.1 Å². The van der Waals surface area contributed by atoms with Crippen LogP contribution in [0.15, 0.2) is 74.0 Å². The summed E-state index contributed by atoms with van der Waals surface area (Å²) in [6.45, 7) is 0.475. The molecule has 0 bridgehead atoms. The number of nitrogens with zero attached hydrogens (tertiary/aromatic N) is 1. The number of ether oxygens (including phenoxy) is 1. The van der Waals surface area contributed by atoms with E-state index < -0.39 is 0 Å². The van der Waals surface area contributed by atoms with Crippen molar-refractivity contribution in [2.45, 2.75) is 6.61 Å². The van der Waals surface area contributed by atoms with E-state index in [1.54, 1.807) is 12.3 Å². The summed E-state index contributed by atoms with van der Waals surface area (Å²) in [5.74, 6) is 0.492. The molecular formula is C19H14Br2N2O2S. The van der Waals surface area contributed by atoms with Crippen LogP contribution in [0.25, 0.3) is 0 Å². The minimum atomic E-state index is -0.225. The van der Waals surface area contributed by atoms with Crippen molar-refractivity contribution in [1.29, 1.82) is 0 Å². The predicted molar refractivity (Wildman–Crippen MR) is 112 cm³/mol. The summed E-state index contributed by atoms with van der Waals surface area (Å²) in [6, 6.07) is 17.3. The molecule has 0 saturated carbocycles. The van der Waals surface area contributed by atoms with Gasteiger partial charge in [0.05, 0.1) is 20.0 Å². The highest BCUT2D eigenvalue weighted by atomic mass is 79.9. The van der Waals surface area contributed by atoms with Crippen molar-refractivity contribution >= 4 is 55.3 Å². The molecule has 4 nitrogen and oxygen atoms in total. The van der Waals surface area contributed by atoms with E-state index >= 15 is 0 Å². The fourth-order valence-corrected chi connectivity index (χ4v) is 4.21. The Bertz CT molecular complexity index is 890. The molecule has 0 aliphatic rings. The van der Waals surface area contributed by atoms with Crippen LogP contribution in [0, 0.1) is 0 Å². The maximum Gasteiger partial charge on any atom is 0.281 e. The van der Waals surface area contributed by atoms with Crippen molar-refractivity contribution in [1.82, 2.24) is 5.43 Å². The summed E-state index contributed by atoms with van der Waals surface area (Å²) in [5, 5.41) is 5.85. The van der Waals surface area contributed by atoms with Gasteiger partial charge in [-0.1, -0.05) is 36.4 Å². The summed E-state index contributed by atoms with van der Waals surface area (Å²) in [5.41, 5.74) is 4.43. The Morgan fingerprint density at radius 3 is 2.50 bits per heavy atom. The van der Waals surface area contributed by atoms with Crippen LogP contribution in [0.2, 0.25) is 0 Å². The van der Waals surface area contributed by atoms with Crippen molar-refractivity contribution in [3.8, 4) is 5.75 Å². The van der Waals surface area contributed by atoms with Gasteiger partial charge < -0.3 is 4.74 Å². The first-order chi connectivity index (χ1) is 12.6. The average Bonchev–Trinajstić information content (AvgIpc) is 3.16. The number of halogens is 2. The highest BCUT2D eigenvalue weighted by Crippen LogP contribution is 2.35. The lowest BCUT2D eigenvalue weighted by Gasteiger charge is -2.11. The molecule has 0 spiro atoms. The third-order valence-electron chi connectivity index (χ3n) is 3.37. The molecular weight excluding hydrogens is 480 g/mol. The summed E-state index contributed by atoms with van der Waals surface area (Å²) in [6.07, 6.45) is 1.59. The molecule has 26 heavy (non-hydrogen) atoms. The second-order valence-electron chi connectivity index (χ2n) is 5.26. The maximum absolute atomic E-state index is 11.9. The van der Waals surface area contributed by atoms with Crippen LogP contribution < -0.4 is 10.2 Å². The van der Waals surface area contributed by atoms with Crippen LogP contribution in [0.1, 0.15) is 20.8 Å². The van der Waals surface area contributed by atoms with Crippen molar-refractivity contribution in [3.63, 3.8) is 0 Å². The monoisotopic (exact) mass is 492 g/mol. The number of hydrazone groups is 1. The molecule has 0 atom stereocenters. The van der Waals surface area contributed by atoms with Gasteiger partial charge in [-0.05, 0) is 66.6 Å². The Balaban J connectivity index is 1.64. The van der Waals surface area contributed by atoms with Gasteiger partial charge in [-0.25, -0.2) is 5.43 Å². The van der Waals surface area contributed by atoms with Gasteiger partial charge in [0.2, 0.25) is 0 Å². The molecule has 1 heterocycles. The van der Waals surface area contributed by atoms with Gasteiger partial charge >= 0.3 is 0 Å². The molecule has 0 aliphatic heterocycles. The molecule has 1 aromatic heterocycles. The lowest BCUT2D eigenvalue weighted by molar-refractivity contribution is 0.0959. The number of benzene rings is 2. The number of carbonyl (C=O) groups is 1. The fourth-order valence-electron chi connectivity index (χ4n) is 2.15. The highest BCUT2D eigenvalue weighted by Gasteiger charge is 2.09. The quantitative estimate of drug-likeness (QED) is 0.358. The third kappa shape index (κ3) is 5.03. The molecule has 132 valence electrons. The number of hydrogen-bond acceptors (Lipinski definition) is 4. The van der Waals surface area contributed by atoms with Crippen molar-refractivity contribution in [3.05, 3.63) is 84.9 Å². The van der Waals surface area contributed by atoms with Crippen molar-refractivity contribution in [2.24, 2.45) is 5.10 Å². The van der Waals surface area contributed by atoms with Crippen LogP contribution in [0.3, 0.4) is 0 Å². The second-order valence-corrected chi connectivity index (χ2v) is 7.92. The molecule has 0 aliphatic carbocycles. The van der Waals surface area contributed by atoms with Crippen molar-refractivity contribution < 1.29 is 9.53 Å². The molecule has 7 heteroatoms. The SMILES string of the molecule is O=C(N/N=C\c1cc(Br)c(OCc2ccccc2)c(Br)c1)c1cccs1. The average molecular weight is 494 g/mol. The zero-order valence-electron chi connectivity index (χ0n) is 13.5. The number of thiophene rings is 1. The molecule has 1 amide bonds. The zero-order chi connectivity index (χ0) is 18.4. The number of carbonyl (C=O) groups excluding carboxylic acids is 1. The zero-order valence-corrected chi connectivity index (χ0v) is 17.5. The summed E-state index contributed by atoms with van der Waals surface area (Å²) in [4.78, 5) is 12.5. The van der Waals surface area contributed by atoms with E-state index in [4.69, 9.17) is 4.74 Å². The molecule has 1 N–H and O–H groups in total. The minimum Gasteiger partial charge on any atom is -0.487 e. The van der Waals surface area contributed by atoms with E-state index in [1.807, 2.05) is 53.9 Å². The normalized spacial score (nSPS) is 10.8. The molecule has 3 aromatic rings. The lowest BCUT2D eigenvalue weighted by atomic mass is 10.2. The van der Waals surface area contributed by atoms with E-state index in [1.165, 1.54) is 11.3 Å². The van der Waals surface area contributed by atoms with Gasteiger partial charge in [0.15, 0.2) is 0 Å². The lowest BCUT2D eigenvalue weighted by Crippen LogP contribution is -2.16. The van der Waals surface area contributed by atoms with Gasteiger partial charge in [0.1, 0.15) is 12.4 Å². The van der Waals surface area contributed by atoms with E-state index in [-0.39, 0.29) is 5.91 Å². The smallest absolute Gasteiger partial charge is 0.281 e. The fraction of sp³-hybridized carbons (Fsp3) is 0.0526. The summed E-state index contributed by atoms with van der Waals surface area (Å²) >= 11 is 8.41. The van der Waals surface area contributed by atoms with Gasteiger partial charge in [0, 0.05) is 0 Å². The molecule has 0 unspecified atom stereocenters. The standard InChI is InChI=1S/C19H14Br2N2O2S/c20-15-9-14(11-22-23-19(24)17-7-4-8-26-17)10-16(21)18(15)25-12-13-5-2-1-3-6-13/h1-11H,12H2,(H,23,24)/b22-11-. The number of nitrogens with one attached hydrogen (secondary N) is 1. The maximum atomic E-state index is 11.9. The van der Waals surface area contributed by atoms with Crippen LogP contribution in [0.4, 0.5) is 0 Å². The number of hydrogen-bond donors (Lipinski definition) is 1. The topological polar surface area (TPSA) is 50.7 Å². The van der Waals surface area contributed by atoms with Crippen LogP contribution in [-0.2, 0) is 6.61 Å². The summed E-state index contributed by atoms with van der Waals surface area (Å²) < 4.78 is 7.49. The van der Waals surface area contributed by atoms with Gasteiger partial charge in [0.25, 0.3) is 5.91 Å². The Kier molecular flexibility index (Phi) is 6.60. The van der Waals surface area contributed by atoms with E-state index in [9.17, 15) is 4.79 Å². The van der Waals surface area contributed by atoms with Crippen LogP contribution in [0.5, 0.6) is 5.75 Å². The molecule has 2 aromatic carbocycles. The van der Waals surface area contributed by atoms with E-state index in [2.05, 4.69) is 42.4 Å². The van der Waals surface area contributed by atoms with E-state index in [0.717, 1.165) is 20.1 Å². The predicted octanol–water partition coefficient (Wildman–Crippen LogP) is 5.62. The van der Waals surface area contributed by atoms with Crippen LogP contribution >= 0.6 is 43.2 Å². The Morgan fingerprint density at radius 1 is 1.12 bits per heavy atom. The molecule has 3 rings (SSSR count). The van der Waals surface area contributed by atoms with Gasteiger partial charge in [-0.2, -0.15) is 5.10 Å². The summed E-state index contributed by atoms with van der Waals surface area (Å²) in [7, 11) is 0. The second kappa shape index (κ2) is 9.12. The van der Waals surface area contributed by atoms with Gasteiger partial charge in [-0.15, -0.1) is 11.3 Å². The Labute approximate surface area is 172 Å². The first kappa shape index (κ1) is 18.8. The Morgan fingerprint density at radius 2 is 1.85 bits per heavy atom. The first-order valence-electron chi connectivity index (χ1n) is 7.66. The van der Waals surface area contributed by atoms with Crippen molar-refractivity contribution in [2.75, 3.05) is 0 Å². The molecule has 0 radical (unpaired) electrons. The third-order valence-corrected chi connectivity index (χ3v) is 5.42. The highest BCUT2D eigenvalue weighted by molar-refractivity contribution is 9.11. The Hall–Kier alpha value is -1.96. The van der Waals surface area contributed by atoms with E-state index in [0.29, 0.717) is 17.2 Å². The minimum absolute atomic E-state index is 0.225.